The van der Waals surface area contributed by atoms with Gasteiger partial charge in [0.05, 0.1) is 0 Å². The fraction of sp³-hybridized carbons (Fsp3) is 0.929. The summed E-state index contributed by atoms with van der Waals surface area (Å²) in [7, 11) is 1.72. The standard InChI is InChI=1S/C14H28N2O2/c1-11(2)12-6-9-16(10-12)8-5-7-14(3,15-4)13(17)18/h11-12,15H,5-10H2,1-4H3,(H,17,18). The van der Waals surface area contributed by atoms with Gasteiger partial charge in [0, 0.05) is 6.54 Å². The number of carboxylic acids is 1. The minimum Gasteiger partial charge on any atom is -0.480 e. The van der Waals surface area contributed by atoms with Crippen LogP contribution < -0.4 is 5.32 Å². The summed E-state index contributed by atoms with van der Waals surface area (Å²) in [5.74, 6) is 0.822. The van der Waals surface area contributed by atoms with Gasteiger partial charge in [0.1, 0.15) is 5.54 Å². The number of hydrogen-bond acceptors (Lipinski definition) is 3. The van der Waals surface area contributed by atoms with Gasteiger partial charge < -0.3 is 15.3 Å². The van der Waals surface area contributed by atoms with Crippen LogP contribution in [0.25, 0.3) is 0 Å². The Morgan fingerprint density at radius 2 is 2.22 bits per heavy atom. The molecule has 1 aliphatic rings. The van der Waals surface area contributed by atoms with Gasteiger partial charge in [-0.05, 0) is 58.2 Å². The minimum atomic E-state index is -0.781. The Hall–Kier alpha value is -0.610. The quantitative estimate of drug-likeness (QED) is 0.729. The zero-order valence-electron chi connectivity index (χ0n) is 12.2. The molecule has 1 fully saturated rings. The Labute approximate surface area is 111 Å². The number of hydrogen-bond donors (Lipinski definition) is 2. The lowest BCUT2D eigenvalue weighted by Gasteiger charge is -2.25. The minimum absolute atomic E-state index is 0.682. The maximum absolute atomic E-state index is 11.1. The van der Waals surface area contributed by atoms with E-state index in [1.54, 1.807) is 14.0 Å². The molecule has 2 atom stereocenters. The van der Waals surface area contributed by atoms with Crippen molar-refractivity contribution in [2.45, 2.75) is 45.6 Å². The first-order chi connectivity index (χ1) is 8.39. The van der Waals surface area contributed by atoms with E-state index in [0.717, 1.165) is 24.8 Å². The first-order valence-electron chi connectivity index (χ1n) is 7.03. The Morgan fingerprint density at radius 1 is 1.56 bits per heavy atom. The molecule has 1 aliphatic heterocycles. The Balaban J connectivity index is 2.28. The summed E-state index contributed by atoms with van der Waals surface area (Å²) in [6.45, 7) is 9.71. The SMILES string of the molecule is CNC(C)(CCCN1CCC(C(C)C)C1)C(=O)O. The highest BCUT2D eigenvalue weighted by atomic mass is 16.4. The van der Waals surface area contributed by atoms with E-state index in [2.05, 4.69) is 24.1 Å². The van der Waals surface area contributed by atoms with Crippen molar-refractivity contribution in [1.82, 2.24) is 10.2 Å². The highest BCUT2D eigenvalue weighted by molar-refractivity contribution is 5.78. The van der Waals surface area contributed by atoms with Crippen LogP contribution >= 0.6 is 0 Å². The van der Waals surface area contributed by atoms with Crippen LogP contribution in [0.5, 0.6) is 0 Å². The van der Waals surface area contributed by atoms with Crippen LogP contribution in [0.4, 0.5) is 0 Å². The van der Waals surface area contributed by atoms with Crippen LogP contribution in [-0.4, -0.2) is 48.2 Å². The number of likely N-dealkylation sites (tertiary alicyclic amines) is 1. The predicted molar refractivity (Wildman–Crippen MR) is 73.7 cm³/mol. The second-order valence-corrected chi connectivity index (χ2v) is 6.08. The van der Waals surface area contributed by atoms with Crippen molar-refractivity contribution in [2.24, 2.45) is 11.8 Å². The first-order valence-corrected chi connectivity index (χ1v) is 7.03. The number of rotatable bonds is 7. The Bertz CT molecular complexity index is 281. The highest BCUT2D eigenvalue weighted by Gasteiger charge is 2.31. The molecule has 0 bridgehead atoms. The Kier molecular flexibility index (Phi) is 5.60. The first kappa shape index (κ1) is 15.4. The average molecular weight is 256 g/mol. The van der Waals surface area contributed by atoms with E-state index in [1.807, 2.05) is 0 Å². The second-order valence-electron chi connectivity index (χ2n) is 6.08. The molecular weight excluding hydrogens is 228 g/mol. The molecule has 0 aliphatic carbocycles. The molecule has 2 unspecified atom stereocenters. The number of likely N-dealkylation sites (N-methyl/N-ethyl adjacent to an activating group) is 1. The number of carboxylic acid groups (broad SMARTS) is 1. The molecule has 0 aromatic rings. The fourth-order valence-corrected chi connectivity index (χ4v) is 2.60. The summed E-state index contributed by atoms with van der Waals surface area (Å²) in [6, 6.07) is 0. The molecule has 1 rings (SSSR count). The van der Waals surface area contributed by atoms with Gasteiger partial charge in [-0.15, -0.1) is 0 Å². The van der Waals surface area contributed by atoms with E-state index < -0.39 is 11.5 Å². The van der Waals surface area contributed by atoms with Crippen molar-refractivity contribution in [2.75, 3.05) is 26.7 Å². The molecule has 106 valence electrons. The third-order valence-electron chi connectivity index (χ3n) is 4.43. The van der Waals surface area contributed by atoms with Gasteiger partial charge in [-0.1, -0.05) is 13.8 Å². The molecule has 0 spiro atoms. The lowest BCUT2D eigenvalue weighted by Crippen LogP contribution is -2.47. The highest BCUT2D eigenvalue weighted by Crippen LogP contribution is 2.24. The number of nitrogens with zero attached hydrogens (tertiary/aromatic N) is 1. The van der Waals surface area contributed by atoms with Crippen molar-refractivity contribution in [3.8, 4) is 0 Å². The summed E-state index contributed by atoms with van der Waals surface area (Å²) in [5, 5.41) is 12.1. The molecule has 0 amide bonds. The maximum Gasteiger partial charge on any atom is 0.323 e. The lowest BCUT2D eigenvalue weighted by atomic mass is 9.95. The van der Waals surface area contributed by atoms with E-state index in [4.69, 9.17) is 5.11 Å². The molecule has 2 N–H and O–H groups in total. The molecule has 1 heterocycles. The summed E-state index contributed by atoms with van der Waals surface area (Å²) in [4.78, 5) is 13.6. The molecule has 0 radical (unpaired) electrons. The maximum atomic E-state index is 11.1. The molecule has 0 aromatic carbocycles. The Morgan fingerprint density at radius 3 is 2.67 bits per heavy atom. The van der Waals surface area contributed by atoms with Crippen LogP contribution in [0.3, 0.4) is 0 Å². The van der Waals surface area contributed by atoms with Gasteiger partial charge in [-0.2, -0.15) is 0 Å². The third-order valence-corrected chi connectivity index (χ3v) is 4.43. The van der Waals surface area contributed by atoms with Crippen LogP contribution in [0, 0.1) is 11.8 Å². The molecule has 18 heavy (non-hydrogen) atoms. The van der Waals surface area contributed by atoms with Crippen LogP contribution in [-0.2, 0) is 4.79 Å². The van der Waals surface area contributed by atoms with E-state index in [-0.39, 0.29) is 0 Å². The third kappa shape index (κ3) is 3.95. The normalized spacial score (nSPS) is 24.4. The molecule has 0 saturated carbocycles. The lowest BCUT2D eigenvalue weighted by molar-refractivity contribution is -0.144. The molecule has 1 saturated heterocycles. The van der Waals surface area contributed by atoms with Crippen molar-refractivity contribution < 1.29 is 9.90 Å². The number of carbonyl (C=O) groups is 1. The predicted octanol–water partition coefficient (Wildman–Crippen LogP) is 1.81. The fourth-order valence-electron chi connectivity index (χ4n) is 2.60. The monoisotopic (exact) mass is 256 g/mol. The van der Waals surface area contributed by atoms with Crippen LogP contribution in [0.2, 0.25) is 0 Å². The average Bonchev–Trinajstić information content (AvgIpc) is 2.77. The summed E-state index contributed by atoms with van der Waals surface area (Å²) >= 11 is 0. The number of aliphatic carboxylic acids is 1. The summed E-state index contributed by atoms with van der Waals surface area (Å²) in [6.07, 6.45) is 2.91. The molecule has 4 nitrogen and oxygen atoms in total. The van der Waals surface area contributed by atoms with Crippen molar-refractivity contribution in [3.05, 3.63) is 0 Å². The van der Waals surface area contributed by atoms with Gasteiger partial charge in [0.2, 0.25) is 0 Å². The smallest absolute Gasteiger partial charge is 0.323 e. The van der Waals surface area contributed by atoms with E-state index in [9.17, 15) is 4.79 Å². The van der Waals surface area contributed by atoms with Crippen molar-refractivity contribution in [1.29, 1.82) is 0 Å². The topological polar surface area (TPSA) is 52.6 Å². The van der Waals surface area contributed by atoms with Gasteiger partial charge >= 0.3 is 5.97 Å². The van der Waals surface area contributed by atoms with Crippen LogP contribution in [0.1, 0.15) is 40.0 Å². The van der Waals surface area contributed by atoms with E-state index in [1.165, 1.54) is 19.5 Å². The summed E-state index contributed by atoms with van der Waals surface area (Å²) < 4.78 is 0. The van der Waals surface area contributed by atoms with Gasteiger partial charge in [-0.3, -0.25) is 4.79 Å². The van der Waals surface area contributed by atoms with E-state index in [0.29, 0.717) is 6.42 Å². The largest absolute Gasteiger partial charge is 0.480 e. The number of nitrogens with one attached hydrogen (secondary N) is 1. The van der Waals surface area contributed by atoms with Crippen LogP contribution in [0.15, 0.2) is 0 Å². The van der Waals surface area contributed by atoms with Gasteiger partial charge in [0.25, 0.3) is 0 Å². The van der Waals surface area contributed by atoms with Gasteiger partial charge in [-0.25, -0.2) is 0 Å². The molecule has 4 heteroatoms. The summed E-state index contributed by atoms with van der Waals surface area (Å²) in [5.41, 5.74) is -0.781. The van der Waals surface area contributed by atoms with Crippen molar-refractivity contribution >= 4 is 5.97 Å². The van der Waals surface area contributed by atoms with E-state index >= 15 is 0 Å². The van der Waals surface area contributed by atoms with Gasteiger partial charge in [0.15, 0.2) is 0 Å². The van der Waals surface area contributed by atoms with Crippen molar-refractivity contribution in [3.63, 3.8) is 0 Å². The second kappa shape index (κ2) is 6.53. The zero-order chi connectivity index (χ0) is 13.8. The molecule has 0 aromatic heterocycles. The zero-order valence-corrected chi connectivity index (χ0v) is 12.2. The molecular formula is C14H28N2O2.